The van der Waals surface area contributed by atoms with Crippen LogP contribution in [-0.4, -0.2) is 24.5 Å². The molecule has 0 heterocycles. The first kappa shape index (κ1) is 15.3. The van der Waals surface area contributed by atoms with Gasteiger partial charge in [-0.2, -0.15) is 0 Å². The van der Waals surface area contributed by atoms with Gasteiger partial charge in [0.2, 0.25) is 0 Å². The monoisotopic (exact) mass is 284 g/mol. The summed E-state index contributed by atoms with van der Waals surface area (Å²) in [6.07, 6.45) is 0.813. The molecule has 0 aliphatic carbocycles. The molecule has 3 N–H and O–H groups in total. The van der Waals surface area contributed by atoms with Crippen LogP contribution in [0.5, 0.6) is 0 Å². The van der Waals surface area contributed by atoms with Crippen LogP contribution in [0, 0.1) is 0 Å². The number of ether oxygens (including phenoxy) is 1. The molecule has 1 amide bonds. The number of esters is 1. The first-order chi connectivity index (χ1) is 8.93. The van der Waals surface area contributed by atoms with E-state index in [9.17, 15) is 9.59 Å². The van der Waals surface area contributed by atoms with Crippen molar-refractivity contribution >= 4 is 29.2 Å². The van der Waals surface area contributed by atoms with Crippen LogP contribution in [0.4, 0.5) is 5.69 Å². The molecule has 19 heavy (non-hydrogen) atoms. The van der Waals surface area contributed by atoms with Gasteiger partial charge in [0.05, 0.1) is 16.3 Å². The predicted octanol–water partition coefficient (Wildman–Crippen LogP) is 1.99. The maximum atomic E-state index is 11.7. The second-order valence-corrected chi connectivity index (χ2v) is 4.60. The van der Waals surface area contributed by atoms with Gasteiger partial charge in [-0.3, -0.25) is 4.79 Å². The van der Waals surface area contributed by atoms with Gasteiger partial charge in [0.25, 0.3) is 5.91 Å². The highest BCUT2D eigenvalue weighted by molar-refractivity contribution is 6.33. The molecule has 6 heteroatoms. The van der Waals surface area contributed by atoms with Crippen LogP contribution in [0.15, 0.2) is 18.2 Å². The summed E-state index contributed by atoms with van der Waals surface area (Å²) in [6.45, 7) is 3.51. The summed E-state index contributed by atoms with van der Waals surface area (Å²) in [5, 5.41) is 3.06. The van der Waals surface area contributed by atoms with Gasteiger partial charge in [-0.1, -0.05) is 18.5 Å². The zero-order valence-electron chi connectivity index (χ0n) is 10.9. The minimum atomic E-state index is -0.609. The van der Waals surface area contributed by atoms with E-state index in [0.29, 0.717) is 10.7 Å². The van der Waals surface area contributed by atoms with Gasteiger partial charge >= 0.3 is 5.97 Å². The third-order valence-corrected chi connectivity index (χ3v) is 2.93. The molecule has 0 aliphatic heterocycles. The number of nitrogens with two attached hydrogens (primary N) is 1. The number of nitrogen functional groups attached to an aromatic ring is 1. The number of rotatable bonds is 5. The number of hydrogen-bond acceptors (Lipinski definition) is 4. The van der Waals surface area contributed by atoms with Crippen LogP contribution in [0.1, 0.15) is 30.6 Å². The Kier molecular flexibility index (Phi) is 5.63. The Labute approximate surface area is 117 Å². The summed E-state index contributed by atoms with van der Waals surface area (Å²) in [4.78, 5) is 23.1. The fourth-order valence-electron chi connectivity index (χ4n) is 1.30. The SMILES string of the molecule is CC[C@@H](C)NC(=O)COC(=O)c1ccc(Cl)c(N)c1. The summed E-state index contributed by atoms with van der Waals surface area (Å²) in [6, 6.07) is 4.47. The first-order valence-electron chi connectivity index (χ1n) is 5.95. The van der Waals surface area contributed by atoms with Crippen molar-refractivity contribution in [2.24, 2.45) is 0 Å². The molecule has 0 fully saturated rings. The number of amides is 1. The van der Waals surface area contributed by atoms with Crippen LogP contribution in [0.3, 0.4) is 0 Å². The zero-order valence-corrected chi connectivity index (χ0v) is 11.7. The minimum Gasteiger partial charge on any atom is -0.452 e. The lowest BCUT2D eigenvalue weighted by Gasteiger charge is -2.11. The third kappa shape index (κ3) is 4.79. The normalized spacial score (nSPS) is 11.7. The van der Waals surface area contributed by atoms with Crippen LogP contribution < -0.4 is 11.1 Å². The summed E-state index contributed by atoms with van der Waals surface area (Å²) in [5.41, 5.74) is 6.13. The maximum Gasteiger partial charge on any atom is 0.338 e. The van der Waals surface area contributed by atoms with E-state index in [-0.39, 0.29) is 24.1 Å². The second-order valence-electron chi connectivity index (χ2n) is 4.19. The Morgan fingerprint density at radius 2 is 2.16 bits per heavy atom. The van der Waals surface area contributed by atoms with E-state index in [0.717, 1.165) is 6.42 Å². The van der Waals surface area contributed by atoms with E-state index >= 15 is 0 Å². The fraction of sp³-hybridized carbons (Fsp3) is 0.385. The van der Waals surface area contributed by atoms with Crippen molar-refractivity contribution < 1.29 is 14.3 Å². The fourth-order valence-corrected chi connectivity index (χ4v) is 1.42. The summed E-state index contributed by atoms with van der Waals surface area (Å²) < 4.78 is 4.88. The Hall–Kier alpha value is -1.75. The number of carbonyl (C=O) groups excluding carboxylic acids is 2. The smallest absolute Gasteiger partial charge is 0.338 e. The highest BCUT2D eigenvalue weighted by Gasteiger charge is 2.12. The van der Waals surface area contributed by atoms with E-state index in [2.05, 4.69) is 5.32 Å². The standard InChI is InChI=1S/C13H17ClN2O3/c1-3-8(2)16-12(17)7-19-13(18)9-4-5-10(14)11(15)6-9/h4-6,8H,3,7,15H2,1-2H3,(H,16,17)/t8-/m1/s1. The molecule has 5 nitrogen and oxygen atoms in total. The molecule has 1 rings (SSSR count). The molecule has 0 saturated heterocycles. The van der Waals surface area contributed by atoms with E-state index in [1.54, 1.807) is 0 Å². The lowest BCUT2D eigenvalue weighted by Crippen LogP contribution is -2.35. The van der Waals surface area contributed by atoms with Crippen molar-refractivity contribution in [1.82, 2.24) is 5.32 Å². The molecular weight excluding hydrogens is 268 g/mol. The summed E-state index contributed by atoms with van der Waals surface area (Å²) in [7, 11) is 0. The van der Waals surface area contributed by atoms with Gasteiger partial charge in [0, 0.05) is 6.04 Å². The molecule has 1 atom stereocenters. The van der Waals surface area contributed by atoms with Crippen LogP contribution >= 0.6 is 11.6 Å². The van der Waals surface area contributed by atoms with Gasteiger partial charge in [-0.05, 0) is 31.5 Å². The lowest BCUT2D eigenvalue weighted by molar-refractivity contribution is -0.124. The molecule has 0 spiro atoms. The minimum absolute atomic E-state index is 0.0531. The molecule has 0 unspecified atom stereocenters. The van der Waals surface area contributed by atoms with E-state index < -0.39 is 5.97 Å². The molecule has 0 saturated carbocycles. The molecule has 0 bridgehead atoms. The van der Waals surface area contributed by atoms with Crippen molar-refractivity contribution in [1.29, 1.82) is 0 Å². The quantitative estimate of drug-likeness (QED) is 0.640. The van der Waals surface area contributed by atoms with Gasteiger partial charge in [0.1, 0.15) is 0 Å². The van der Waals surface area contributed by atoms with Crippen molar-refractivity contribution in [2.45, 2.75) is 26.3 Å². The Morgan fingerprint density at radius 1 is 1.47 bits per heavy atom. The van der Waals surface area contributed by atoms with Crippen LogP contribution in [0.25, 0.3) is 0 Å². The average molecular weight is 285 g/mol. The first-order valence-corrected chi connectivity index (χ1v) is 6.33. The largest absolute Gasteiger partial charge is 0.452 e. The zero-order chi connectivity index (χ0) is 14.4. The van der Waals surface area contributed by atoms with Gasteiger partial charge in [0.15, 0.2) is 6.61 Å². The second kappa shape index (κ2) is 6.99. The van der Waals surface area contributed by atoms with E-state index in [1.807, 2.05) is 13.8 Å². The Balaban J connectivity index is 2.51. The number of hydrogen-bond donors (Lipinski definition) is 2. The third-order valence-electron chi connectivity index (χ3n) is 2.59. The van der Waals surface area contributed by atoms with E-state index in [4.69, 9.17) is 22.1 Å². The highest BCUT2D eigenvalue weighted by atomic mass is 35.5. The summed E-state index contributed by atoms with van der Waals surface area (Å²) in [5.74, 6) is -0.938. The maximum absolute atomic E-state index is 11.7. The lowest BCUT2D eigenvalue weighted by atomic mass is 10.2. The number of anilines is 1. The molecule has 0 radical (unpaired) electrons. The summed E-state index contributed by atoms with van der Waals surface area (Å²) >= 11 is 5.74. The molecule has 0 aliphatic rings. The van der Waals surface area contributed by atoms with Crippen molar-refractivity contribution in [3.8, 4) is 0 Å². The molecule has 1 aromatic rings. The van der Waals surface area contributed by atoms with Crippen molar-refractivity contribution in [2.75, 3.05) is 12.3 Å². The highest BCUT2D eigenvalue weighted by Crippen LogP contribution is 2.19. The topological polar surface area (TPSA) is 81.4 Å². The Bertz CT molecular complexity index is 477. The molecule has 1 aromatic carbocycles. The van der Waals surface area contributed by atoms with E-state index in [1.165, 1.54) is 18.2 Å². The number of benzene rings is 1. The van der Waals surface area contributed by atoms with Gasteiger partial charge in [-0.25, -0.2) is 4.79 Å². The van der Waals surface area contributed by atoms with Gasteiger partial charge < -0.3 is 15.8 Å². The predicted molar refractivity (Wildman–Crippen MR) is 74.0 cm³/mol. The van der Waals surface area contributed by atoms with Crippen LogP contribution in [-0.2, 0) is 9.53 Å². The van der Waals surface area contributed by atoms with Crippen molar-refractivity contribution in [3.05, 3.63) is 28.8 Å². The average Bonchev–Trinajstić information content (AvgIpc) is 2.39. The molecule has 104 valence electrons. The van der Waals surface area contributed by atoms with Crippen molar-refractivity contribution in [3.63, 3.8) is 0 Å². The number of carbonyl (C=O) groups is 2. The van der Waals surface area contributed by atoms with Crippen LogP contribution in [0.2, 0.25) is 5.02 Å². The van der Waals surface area contributed by atoms with Gasteiger partial charge in [-0.15, -0.1) is 0 Å². The number of nitrogens with one attached hydrogen (secondary N) is 1. The Morgan fingerprint density at radius 3 is 2.74 bits per heavy atom. The molecular formula is C13H17ClN2O3. The molecule has 0 aromatic heterocycles. The number of halogens is 1.